The molecule has 0 radical (unpaired) electrons. The third-order valence-electron chi connectivity index (χ3n) is 4.08. The fourth-order valence-corrected chi connectivity index (χ4v) is 4.75. The molecule has 0 aliphatic carbocycles. The number of rotatable bonds is 7. The first-order valence-corrected chi connectivity index (χ1v) is 10.8. The first-order chi connectivity index (χ1) is 13.9. The largest absolute Gasteiger partial charge is 0.477 e. The maximum absolute atomic E-state index is 12.7. The lowest BCUT2D eigenvalue weighted by molar-refractivity contribution is 0.0526. The fraction of sp³-hybridized carbons (Fsp3) is 0.143. The van der Waals surface area contributed by atoms with E-state index >= 15 is 0 Å². The molecule has 1 atom stereocenters. The van der Waals surface area contributed by atoms with E-state index in [1.165, 1.54) is 0 Å². The third kappa shape index (κ3) is 4.72. The number of nitrogens with one attached hydrogen (secondary N) is 1. The number of carboxylic acids is 1. The third-order valence-corrected chi connectivity index (χ3v) is 6.52. The van der Waals surface area contributed by atoms with E-state index in [1.54, 1.807) is 49.4 Å². The summed E-state index contributed by atoms with van der Waals surface area (Å²) in [4.78, 5) is 25.0. The maximum Gasteiger partial charge on any atom is 0.348 e. The number of thiophene rings is 1. The topological polar surface area (TPSA) is 92.7 Å². The van der Waals surface area contributed by atoms with Crippen LogP contribution in [-0.2, 0) is 15.7 Å². The molecule has 0 spiro atoms. The van der Waals surface area contributed by atoms with Crippen LogP contribution in [0.1, 0.15) is 32.5 Å². The summed E-state index contributed by atoms with van der Waals surface area (Å²) in [7, 11) is -1.61. The zero-order valence-corrected chi connectivity index (χ0v) is 17.4. The van der Waals surface area contributed by atoms with Crippen molar-refractivity contribution >= 4 is 39.9 Å². The van der Waals surface area contributed by atoms with Crippen molar-refractivity contribution in [3.05, 3.63) is 70.6 Å². The van der Waals surface area contributed by atoms with E-state index in [9.17, 15) is 18.9 Å². The van der Waals surface area contributed by atoms with Crippen LogP contribution in [0, 0.1) is 6.92 Å². The molecule has 2 aromatic carbocycles. The molecule has 0 aliphatic rings. The Morgan fingerprint density at radius 3 is 2.59 bits per heavy atom. The van der Waals surface area contributed by atoms with Gasteiger partial charge in [0.1, 0.15) is 4.88 Å². The van der Waals surface area contributed by atoms with Gasteiger partial charge < -0.3 is 9.84 Å². The van der Waals surface area contributed by atoms with Gasteiger partial charge in [-0.1, -0.05) is 30.3 Å². The van der Waals surface area contributed by atoms with Crippen molar-refractivity contribution in [2.24, 2.45) is 0 Å². The molecule has 6 nitrogen and oxygen atoms in total. The summed E-state index contributed by atoms with van der Waals surface area (Å²) < 4.78 is 20.5. The van der Waals surface area contributed by atoms with Gasteiger partial charge >= 0.3 is 11.9 Å². The van der Waals surface area contributed by atoms with Gasteiger partial charge in [0.25, 0.3) is 0 Å². The first-order valence-electron chi connectivity index (χ1n) is 8.79. The van der Waals surface area contributed by atoms with Crippen LogP contribution in [0.2, 0.25) is 0 Å². The number of anilines is 1. The van der Waals surface area contributed by atoms with Crippen molar-refractivity contribution < 1.29 is 23.6 Å². The van der Waals surface area contributed by atoms with Crippen molar-refractivity contribution in [2.75, 3.05) is 11.3 Å². The lowest BCUT2D eigenvalue weighted by atomic mass is 10.1. The van der Waals surface area contributed by atoms with E-state index in [-0.39, 0.29) is 17.2 Å². The highest BCUT2D eigenvalue weighted by atomic mass is 32.2. The van der Waals surface area contributed by atoms with Gasteiger partial charge in [-0.2, -0.15) is 0 Å². The van der Waals surface area contributed by atoms with E-state index in [2.05, 4.69) is 4.72 Å². The molecule has 3 aromatic rings. The van der Waals surface area contributed by atoms with Gasteiger partial charge in [-0.05, 0) is 49.2 Å². The van der Waals surface area contributed by atoms with Gasteiger partial charge in [-0.25, -0.2) is 13.8 Å². The van der Waals surface area contributed by atoms with E-state index in [4.69, 9.17) is 4.74 Å². The molecule has 2 N–H and O–H groups in total. The standard InChI is InChI=1S/C21H19NO5S2/c1-3-27-21(25)15-9-6-8-14(11-15)17-12-16(19(28-17)20(23)24)22-29(26)18-10-5-4-7-13(18)2/h4-12,22H,3H2,1-2H3,(H,23,24). The Hall–Kier alpha value is -2.97. The van der Waals surface area contributed by atoms with Gasteiger partial charge in [0.05, 0.1) is 22.8 Å². The van der Waals surface area contributed by atoms with E-state index in [0.29, 0.717) is 20.9 Å². The maximum atomic E-state index is 12.7. The molecule has 1 heterocycles. The summed E-state index contributed by atoms with van der Waals surface area (Å²) >= 11 is 1.05. The number of carbonyl (C=O) groups is 2. The minimum Gasteiger partial charge on any atom is -0.477 e. The quantitative estimate of drug-likeness (QED) is 0.530. The van der Waals surface area contributed by atoms with Crippen LogP contribution in [0.15, 0.2) is 59.5 Å². The lowest BCUT2D eigenvalue weighted by Crippen LogP contribution is -2.08. The molecule has 150 valence electrons. The number of aryl methyl sites for hydroxylation is 1. The van der Waals surface area contributed by atoms with Gasteiger partial charge in [0.15, 0.2) is 11.0 Å². The second kappa shape index (κ2) is 9.02. The summed E-state index contributed by atoms with van der Waals surface area (Å²) in [6.07, 6.45) is 0. The highest BCUT2D eigenvalue weighted by molar-refractivity contribution is 7.86. The fourth-order valence-electron chi connectivity index (χ4n) is 2.70. The summed E-state index contributed by atoms with van der Waals surface area (Å²) in [5, 5.41) is 9.57. The summed E-state index contributed by atoms with van der Waals surface area (Å²) in [5.74, 6) is -1.56. The summed E-state index contributed by atoms with van der Waals surface area (Å²) in [5.41, 5.74) is 2.17. The monoisotopic (exact) mass is 429 g/mol. The normalized spacial score (nSPS) is 11.7. The van der Waals surface area contributed by atoms with E-state index < -0.39 is 22.9 Å². The minimum atomic E-state index is -1.61. The number of carbonyl (C=O) groups excluding carboxylic acids is 1. The van der Waals surface area contributed by atoms with E-state index in [0.717, 1.165) is 16.9 Å². The number of ether oxygens (including phenoxy) is 1. The number of benzene rings is 2. The van der Waals surface area contributed by atoms with Crippen LogP contribution in [0.5, 0.6) is 0 Å². The molecular weight excluding hydrogens is 410 g/mol. The Bertz CT molecular complexity index is 1090. The number of aromatic carboxylic acids is 1. The number of esters is 1. The van der Waals surface area contributed by atoms with Crippen LogP contribution in [0.3, 0.4) is 0 Å². The highest BCUT2D eigenvalue weighted by Crippen LogP contribution is 2.36. The number of hydrogen-bond donors (Lipinski definition) is 2. The second-order valence-corrected chi connectivity index (χ2v) is 8.33. The van der Waals surface area contributed by atoms with Crippen LogP contribution in [0.4, 0.5) is 5.69 Å². The molecular formula is C21H19NO5S2. The van der Waals surface area contributed by atoms with Crippen molar-refractivity contribution in [3.63, 3.8) is 0 Å². The Balaban J connectivity index is 1.95. The van der Waals surface area contributed by atoms with Crippen LogP contribution < -0.4 is 4.72 Å². The summed E-state index contributed by atoms with van der Waals surface area (Å²) in [6.45, 7) is 3.84. The van der Waals surface area contributed by atoms with Crippen LogP contribution >= 0.6 is 11.3 Å². The Morgan fingerprint density at radius 1 is 1.14 bits per heavy atom. The molecule has 0 amide bonds. The average Bonchev–Trinajstić information content (AvgIpc) is 3.12. The smallest absolute Gasteiger partial charge is 0.348 e. The molecule has 0 aliphatic heterocycles. The Morgan fingerprint density at radius 2 is 1.90 bits per heavy atom. The zero-order chi connectivity index (χ0) is 21.0. The Labute approximate surface area is 174 Å². The van der Waals surface area contributed by atoms with Gasteiger partial charge in [0, 0.05) is 4.88 Å². The van der Waals surface area contributed by atoms with Crippen LogP contribution in [0.25, 0.3) is 10.4 Å². The predicted molar refractivity (Wildman–Crippen MR) is 114 cm³/mol. The lowest BCUT2D eigenvalue weighted by Gasteiger charge is -2.07. The predicted octanol–water partition coefficient (Wildman–Crippen LogP) is 4.73. The van der Waals surface area contributed by atoms with Crippen molar-refractivity contribution in [1.29, 1.82) is 0 Å². The molecule has 0 bridgehead atoms. The van der Waals surface area contributed by atoms with Gasteiger partial charge in [-0.3, -0.25) is 4.72 Å². The Kier molecular flexibility index (Phi) is 6.46. The van der Waals surface area contributed by atoms with E-state index in [1.807, 2.05) is 19.1 Å². The molecule has 29 heavy (non-hydrogen) atoms. The van der Waals surface area contributed by atoms with Crippen molar-refractivity contribution in [3.8, 4) is 10.4 Å². The number of hydrogen-bond acceptors (Lipinski definition) is 5. The zero-order valence-electron chi connectivity index (χ0n) is 15.8. The molecule has 0 fully saturated rings. The van der Waals surface area contributed by atoms with Gasteiger partial charge in [0.2, 0.25) is 0 Å². The second-order valence-electron chi connectivity index (χ2n) is 6.10. The SMILES string of the molecule is CCOC(=O)c1cccc(-c2cc(NS(=O)c3ccccc3C)c(C(=O)O)s2)c1. The van der Waals surface area contributed by atoms with Gasteiger partial charge in [-0.15, -0.1) is 11.3 Å². The minimum absolute atomic E-state index is 0.0449. The molecule has 0 saturated carbocycles. The first kappa shape index (κ1) is 20.8. The van der Waals surface area contributed by atoms with Crippen molar-refractivity contribution in [2.45, 2.75) is 18.7 Å². The molecule has 1 unspecified atom stereocenters. The molecule has 8 heteroatoms. The number of carboxylic acid groups (broad SMARTS) is 1. The molecule has 0 saturated heterocycles. The highest BCUT2D eigenvalue weighted by Gasteiger charge is 2.19. The average molecular weight is 430 g/mol. The molecule has 3 rings (SSSR count). The summed E-state index contributed by atoms with van der Waals surface area (Å²) in [6, 6.07) is 15.6. The molecule has 1 aromatic heterocycles. The van der Waals surface area contributed by atoms with Crippen molar-refractivity contribution in [1.82, 2.24) is 0 Å². The van der Waals surface area contributed by atoms with Crippen LogP contribution in [-0.4, -0.2) is 27.9 Å².